The maximum Gasteiger partial charge on any atom is 0.317 e. The molecule has 4 saturated heterocycles. The Labute approximate surface area is 323 Å². The van der Waals surface area contributed by atoms with Crippen LogP contribution in [0.4, 0.5) is 0 Å². The largest absolute Gasteiger partial charge is 0.455 e. The van der Waals surface area contributed by atoms with Gasteiger partial charge in [0.15, 0.2) is 12.6 Å². The van der Waals surface area contributed by atoms with E-state index in [1.807, 2.05) is 6.92 Å². The van der Waals surface area contributed by atoms with Crippen molar-refractivity contribution in [2.75, 3.05) is 13.2 Å². The van der Waals surface area contributed by atoms with Gasteiger partial charge in [-0.2, -0.15) is 0 Å². The van der Waals surface area contributed by atoms with E-state index in [0.29, 0.717) is 32.1 Å². The molecule has 4 aliphatic heterocycles. The number of hydrogen-bond acceptors (Lipinski definition) is 14. The highest BCUT2D eigenvalue weighted by Gasteiger charge is 2.75. The zero-order chi connectivity index (χ0) is 40.1. The van der Waals surface area contributed by atoms with Crippen LogP contribution in [0.25, 0.3) is 0 Å². The first-order chi connectivity index (χ1) is 25.5. The Morgan fingerprint density at radius 1 is 0.764 bits per heavy atom. The van der Waals surface area contributed by atoms with Gasteiger partial charge in [0, 0.05) is 0 Å². The second-order valence-electron chi connectivity index (χ2n) is 20.3. The number of fused-ring (bicyclic) bond motifs is 7. The number of hydrogen-bond donors (Lipinski definition) is 8. The SMILES string of the molecule is CC1(C)[C@@H](O[C@H]2OC[C@H](O)[C@H](O[C@@H]3O[C@H](CO)[C@@H](O)[C@H](O)[C@H]3O)[C@H]2O)CC[C@]2(C)[C@H]3C[C@H](O)C4=C5C6(CC[C@](C)(OC6=O)[C@@]5(C)O)CC[C@@]4(C)[C@]3(C)CC[C@@H]12. The molecule has 19 atom stereocenters. The summed E-state index contributed by atoms with van der Waals surface area (Å²) in [5.74, 6) is 0.0430. The fourth-order valence-corrected chi connectivity index (χ4v) is 13.9. The van der Waals surface area contributed by atoms with E-state index in [1.165, 1.54) is 0 Å². The molecule has 8 N–H and O–H groups in total. The minimum Gasteiger partial charge on any atom is -0.455 e. The summed E-state index contributed by atoms with van der Waals surface area (Å²) in [5, 5.41) is 87.5. The minimum absolute atomic E-state index is 0.133. The first-order valence-corrected chi connectivity index (χ1v) is 20.5. The second-order valence-corrected chi connectivity index (χ2v) is 20.3. The van der Waals surface area contributed by atoms with Gasteiger partial charge in [-0.05, 0) is 116 Å². The molecule has 55 heavy (non-hydrogen) atoms. The molecule has 8 fully saturated rings. The minimum atomic E-state index is -1.71. The van der Waals surface area contributed by atoms with E-state index < -0.39 is 95.5 Å². The van der Waals surface area contributed by atoms with Crippen molar-refractivity contribution in [3.05, 3.63) is 11.1 Å². The van der Waals surface area contributed by atoms with Gasteiger partial charge in [-0.15, -0.1) is 0 Å². The molecule has 5 aliphatic carbocycles. The number of carbonyl (C=O) groups excluding carboxylic acids is 1. The Bertz CT molecular complexity index is 1580. The molecule has 9 aliphatic rings. The summed E-state index contributed by atoms with van der Waals surface area (Å²) in [7, 11) is 0. The number of aliphatic hydroxyl groups is 8. The van der Waals surface area contributed by atoms with E-state index in [0.717, 1.165) is 36.8 Å². The average Bonchev–Trinajstić information content (AvgIpc) is 3.11. The third kappa shape index (κ3) is 5.25. The fraction of sp³-hybridized carbons (Fsp3) is 0.927. The maximum absolute atomic E-state index is 13.7. The van der Waals surface area contributed by atoms with E-state index >= 15 is 0 Å². The van der Waals surface area contributed by atoms with Crippen LogP contribution in [0, 0.1) is 38.9 Å². The van der Waals surface area contributed by atoms with Crippen molar-refractivity contribution < 1.29 is 69.3 Å². The fourth-order valence-electron chi connectivity index (χ4n) is 13.9. The number of ether oxygens (including phenoxy) is 5. The highest BCUT2D eigenvalue weighted by atomic mass is 16.7. The number of rotatable bonds is 5. The summed E-state index contributed by atoms with van der Waals surface area (Å²) >= 11 is 0. The predicted molar refractivity (Wildman–Crippen MR) is 192 cm³/mol. The summed E-state index contributed by atoms with van der Waals surface area (Å²) in [6.07, 6.45) is -8.01. The molecule has 14 heteroatoms. The van der Waals surface area contributed by atoms with Crippen molar-refractivity contribution in [3.8, 4) is 0 Å². The Balaban J connectivity index is 1.04. The normalized spacial score (nSPS) is 57.2. The second kappa shape index (κ2) is 12.9. The molecule has 0 aromatic rings. The quantitative estimate of drug-likeness (QED) is 0.112. The van der Waals surface area contributed by atoms with E-state index in [4.69, 9.17) is 23.7 Å². The number of aliphatic hydroxyl groups excluding tert-OH is 7. The van der Waals surface area contributed by atoms with Gasteiger partial charge in [-0.3, -0.25) is 4.79 Å². The molecule has 0 aromatic carbocycles. The molecule has 0 amide bonds. The summed E-state index contributed by atoms with van der Waals surface area (Å²) in [6.45, 7) is 14.1. The molecule has 4 heterocycles. The van der Waals surface area contributed by atoms with E-state index in [1.54, 1.807) is 6.92 Å². The number of carbonyl (C=O) groups is 1. The van der Waals surface area contributed by atoms with Gasteiger partial charge in [0.25, 0.3) is 0 Å². The van der Waals surface area contributed by atoms with Crippen molar-refractivity contribution >= 4 is 5.97 Å². The van der Waals surface area contributed by atoms with Crippen LogP contribution in [0.15, 0.2) is 11.1 Å². The molecule has 2 bridgehead atoms. The maximum atomic E-state index is 13.7. The van der Waals surface area contributed by atoms with Crippen LogP contribution in [-0.2, 0) is 28.5 Å². The lowest BCUT2D eigenvalue weighted by Crippen LogP contribution is -2.72. The Hall–Kier alpha value is -1.27. The lowest BCUT2D eigenvalue weighted by atomic mass is 9.33. The molecule has 9 rings (SSSR count). The Morgan fingerprint density at radius 2 is 1.45 bits per heavy atom. The lowest BCUT2D eigenvalue weighted by molar-refractivity contribution is -0.357. The third-order valence-corrected chi connectivity index (χ3v) is 17.6. The first-order valence-electron chi connectivity index (χ1n) is 20.5. The molecular weight excluding hydrogens is 716 g/mol. The van der Waals surface area contributed by atoms with Gasteiger partial charge in [0.1, 0.15) is 53.9 Å². The number of esters is 1. The summed E-state index contributed by atoms with van der Waals surface area (Å²) < 4.78 is 29.7. The predicted octanol–water partition coefficient (Wildman–Crippen LogP) is 1.20. The summed E-state index contributed by atoms with van der Waals surface area (Å²) in [5.41, 5.74) is -3.02. The molecular formula is C41H64O14. The van der Waals surface area contributed by atoms with Gasteiger partial charge < -0.3 is 64.5 Å². The molecule has 4 saturated carbocycles. The van der Waals surface area contributed by atoms with Crippen molar-refractivity contribution in [3.63, 3.8) is 0 Å². The third-order valence-electron chi connectivity index (χ3n) is 17.6. The first kappa shape index (κ1) is 40.5. The summed E-state index contributed by atoms with van der Waals surface area (Å²) in [4.78, 5) is 13.7. The topological polar surface area (TPSA) is 225 Å². The van der Waals surface area contributed by atoms with Crippen LogP contribution in [0.2, 0.25) is 0 Å². The van der Waals surface area contributed by atoms with Crippen LogP contribution in [0.1, 0.15) is 106 Å². The van der Waals surface area contributed by atoms with Crippen LogP contribution in [0.3, 0.4) is 0 Å². The van der Waals surface area contributed by atoms with Crippen LogP contribution >= 0.6 is 0 Å². The molecule has 14 nitrogen and oxygen atoms in total. The van der Waals surface area contributed by atoms with E-state index in [9.17, 15) is 45.6 Å². The van der Waals surface area contributed by atoms with Crippen molar-refractivity contribution in [1.82, 2.24) is 0 Å². The van der Waals surface area contributed by atoms with Crippen LogP contribution in [-0.4, -0.2) is 139 Å². The smallest absolute Gasteiger partial charge is 0.317 e. The summed E-state index contributed by atoms with van der Waals surface area (Å²) in [6, 6.07) is 0. The molecule has 312 valence electrons. The van der Waals surface area contributed by atoms with Gasteiger partial charge >= 0.3 is 5.97 Å². The standard InChI is InChI=1S/C41H64O14/c1-35(2)22-8-11-37(4)23(16-19(43)25-31-40(7,50)39(6)13-15-41(31,34(49)55-39)14-12-38(25,37)5)36(22,3)10-9-24(35)53-32-29(48)30(20(44)18-51-32)54-33-28(47)27(46)26(45)21(17-42)52-33/h19-24,26-30,32-33,42-48,50H,8-18H2,1-7H3/t19-,20-,21+,22-,23+,24-,26+,27-,28+,29+,30-,32+,33-,36-,37+,38+,39-,40-,41?/m0/s1. The van der Waals surface area contributed by atoms with Gasteiger partial charge in [-0.1, -0.05) is 34.6 Å². The lowest BCUT2D eigenvalue weighted by Gasteiger charge is -2.73. The van der Waals surface area contributed by atoms with E-state index in [-0.39, 0.29) is 41.3 Å². The molecule has 1 spiro atoms. The molecule has 1 unspecified atom stereocenters. The van der Waals surface area contributed by atoms with Crippen LogP contribution in [0.5, 0.6) is 0 Å². The van der Waals surface area contributed by atoms with Crippen LogP contribution < -0.4 is 0 Å². The van der Waals surface area contributed by atoms with Crippen molar-refractivity contribution in [2.24, 2.45) is 38.9 Å². The highest BCUT2D eigenvalue weighted by molar-refractivity contribution is 5.86. The van der Waals surface area contributed by atoms with Crippen molar-refractivity contribution in [1.29, 1.82) is 0 Å². The molecule has 0 aromatic heterocycles. The zero-order valence-electron chi connectivity index (χ0n) is 33.3. The Kier molecular flexibility index (Phi) is 9.47. The highest BCUT2D eigenvalue weighted by Crippen LogP contribution is 2.77. The van der Waals surface area contributed by atoms with E-state index in [2.05, 4.69) is 34.6 Å². The van der Waals surface area contributed by atoms with Crippen molar-refractivity contribution in [2.45, 2.75) is 185 Å². The average molecular weight is 781 g/mol. The zero-order valence-corrected chi connectivity index (χ0v) is 33.3. The van der Waals surface area contributed by atoms with Gasteiger partial charge in [0.2, 0.25) is 0 Å². The van der Waals surface area contributed by atoms with Gasteiger partial charge in [0.05, 0.1) is 30.8 Å². The van der Waals surface area contributed by atoms with Gasteiger partial charge in [-0.25, -0.2) is 0 Å². The Morgan fingerprint density at radius 3 is 2.13 bits per heavy atom. The molecule has 0 radical (unpaired) electrons. The monoisotopic (exact) mass is 780 g/mol.